The van der Waals surface area contributed by atoms with E-state index >= 15 is 0 Å². The topological polar surface area (TPSA) is 32.5 Å². The minimum atomic E-state index is 0.440. The standard InChI is InChI=1S/C13H18BrN3S/c1-16(2)10-5-6-17(8-10)12-4-3-9(13(15)18)7-11(12)14/h3-4,7,10H,5-6,8H2,1-2H3,(H2,15,18). The molecule has 1 fully saturated rings. The van der Waals surface area contributed by atoms with E-state index in [2.05, 4.69) is 45.9 Å². The Hall–Kier alpha value is -0.650. The van der Waals surface area contributed by atoms with Gasteiger partial charge in [-0.3, -0.25) is 0 Å². The maximum absolute atomic E-state index is 5.64. The zero-order chi connectivity index (χ0) is 13.3. The highest BCUT2D eigenvalue weighted by Gasteiger charge is 2.25. The highest BCUT2D eigenvalue weighted by molar-refractivity contribution is 9.10. The van der Waals surface area contributed by atoms with Crippen molar-refractivity contribution in [3.05, 3.63) is 28.2 Å². The van der Waals surface area contributed by atoms with E-state index in [0.717, 1.165) is 23.1 Å². The van der Waals surface area contributed by atoms with Crippen LogP contribution in [-0.2, 0) is 0 Å². The number of thiocarbonyl (C=S) groups is 1. The van der Waals surface area contributed by atoms with Crippen LogP contribution in [0.15, 0.2) is 22.7 Å². The molecule has 98 valence electrons. The van der Waals surface area contributed by atoms with E-state index in [9.17, 15) is 0 Å². The summed E-state index contributed by atoms with van der Waals surface area (Å²) in [5.74, 6) is 0. The second-order valence-electron chi connectivity index (χ2n) is 4.88. The molecule has 1 aromatic rings. The van der Waals surface area contributed by atoms with Gasteiger partial charge < -0.3 is 15.5 Å². The molecule has 5 heteroatoms. The van der Waals surface area contributed by atoms with Crippen LogP contribution in [0.5, 0.6) is 0 Å². The van der Waals surface area contributed by atoms with Crippen molar-refractivity contribution in [1.29, 1.82) is 0 Å². The molecular formula is C13H18BrN3S. The van der Waals surface area contributed by atoms with E-state index in [1.165, 1.54) is 12.1 Å². The molecule has 0 radical (unpaired) electrons. The number of halogens is 1. The molecule has 18 heavy (non-hydrogen) atoms. The quantitative estimate of drug-likeness (QED) is 0.863. The Morgan fingerprint density at radius 1 is 1.50 bits per heavy atom. The summed E-state index contributed by atoms with van der Waals surface area (Å²) in [5, 5.41) is 0. The first-order chi connectivity index (χ1) is 8.49. The Balaban J connectivity index is 2.18. The summed E-state index contributed by atoms with van der Waals surface area (Å²) in [7, 11) is 4.28. The van der Waals surface area contributed by atoms with Crippen molar-refractivity contribution < 1.29 is 0 Å². The molecule has 2 rings (SSSR count). The largest absolute Gasteiger partial charge is 0.389 e. The maximum Gasteiger partial charge on any atom is 0.104 e. The lowest BCUT2D eigenvalue weighted by atomic mass is 10.2. The van der Waals surface area contributed by atoms with Crippen LogP contribution in [0.3, 0.4) is 0 Å². The molecule has 3 nitrogen and oxygen atoms in total. The van der Waals surface area contributed by atoms with Crippen molar-refractivity contribution in [1.82, 2.24) is 4.90 Å². The van der Waals surface area contributed by atoms with Crippen LogP contribution in [0.4, 0.5) is 5.69 Å². The van der Waals surface area contributed by atoms with Gasteiger partial charge in [-0.15, -0.1) is 0 Å². The van der Waals surface area contributed by atoms with E-state index in [4.69, 9.17) is 18.0 Å². The van der Waals surface area contributed by atoms with E-state index < -0.39 is 0 Å². The smallest absolute Gasteiger partial charge is 0.104 e. The molecule has 0 aliphatic carbocycles. The number of rotatable bonds is 3. The first kappa shape index (κ1) is 13.8. The lowest BCUT2D eigenvalue weighted by Crippen LogP contribution is -2.31. The van der Waals surface area contributed by atoms with E-state index in [-0.39, 0.29) is 0 Å². The predicted molar refractivity (Wildman–Crippen MR) is 84.3 cm³/mol. The maximum atomic E-state index is 5.64. The Bertz CT molecular complexity index is 462. The summed E-state index contributed by atoms with van der Waals surface area (Å²) in [6.07, 6.45) is 1.20. The third-order valence-electron chi connectivity index (χ3n) is 3.47. The van der Waals surface area contributed by atoms with Crippen LogP contribution in [0.25, 0.3) is 0 Å². The first-order valence-electron chi connectivity index (χ1n) is 6.00. The van der Waals surface area contributed by atoms with Crippen LogP contribution >= 0.6 is 28.1 Å². The number of anilines is 1. The normalized spacial score (nSPS) is 19.6. The van der Waals surface area contributed by atoms with Crippen molar-refractivity contribution in [2.45, 2.75) is 12.5 Å². The molecule has 0 saturated carbocycles. The van der Waals surface area contributed by atoms with Crippen LogP contribution in [-0.4, -0.2) is 43.1 Å². The molecule has 1 aromatic carbocycles. The minimum Gasteiger partial charge on any atom is -0.389 e. The van der Waals surface area contributed by atoms with Gasteiger partial charge >= 0.3 is 0 Å². The molecule has 1 heterocycles. The molecule has 0 bridgehead atoms. The summed E-state index contributed by atoms with van der Waals surface area (Å²) < 4.78 is 1.06. The van der Waals surface area contributed by atoms with Gasteiger partial charge in [-0.2, -0.15) is 0 Å². The Labute approximate surface area is 122 Å². The second kappa shape index (κ2) is 5.55. The van der Waals surface area contributed by atoms with E-state index in [1.54, 1.807) is 0 Å². The summed E-state index contributed by atoms with van der Waals surface area (Å²) in [4.78, 5) is 5.13. The molecule has 1 aliphatic heterocycles. The van der Waals surface area contributed by atoms with Gasteiger partial charge in [-0.25, -0.2) is 0 Å². The monoisotopic (exact) mass is 327 g/mol. The molecule has 2 N–H and O–H groups in total. The highest BCUT2D eigenvalue weighted by atomic mass is 79.9. The Morgan fingerprint density at radius 2 is 2.22 bits per heavy atom. The molecule has 0 amide bonds. The Kier molecular flexibility index (Phi) is 4.25. The molecule has 0 spiro atoms. The summed E-state index contributed by atoms with van der Waals surface area (Å²) in [5.41, 5.74) is 7.77. The van der Waals surface area contributed by atoms with Crippen LogP contribution in [0.1, 0.15) is 12.0 Å². The van der Waals surface area contributed by atoms with Crippen molar-refractivity contribution in [3.63, 3.8) is 0 Å². The number of hydrogen-bond donors (Lipinski definition) is 1. The average Bonchev–Trinajstić information content (AvgIpc) is 2.78. The van der Waals surface area contributed by atoms with Gasteiger partial charge in [0.05, 0.1) is 5.69 Å². The van der Waals surface area contributed by atoms with Gasteiger partial charge in [0.1, 0.15) is 4.99 Å². The van der Waals surface area contributed by atoms with Crippen molar-refractivity contribution in [3.8, 4) is 0 Å². The Morgan fingerprint density at radius 3 is 2.72 bits per heavy atom. The van der Waals surface area contributed by atoms with Gasteiger partial charge in [-0.05, 0) is 54.6 Å². The molecule has 1 unspecified atom stereocenters. The molecule has 1 aliphatic rings. The summed E-state index contributed by atoms with van der Waals surface area (Å²) in [6.45, 7) is 2.16. The average molecular weight is 328 g/mol. The van der Waals surface area contributed by atoms with Crippen molar-refractivity contribution >= 4 is 38.8 Å². The fourth-order valence-electron chi connectivity index (χ4n) is 2.30. The molecule has 1 atom stereocenters. The third-order valence-corrected chi connectivity index (χ3v) is 4.34. The van der Waals surface area contributed by atoms with Crippen LogP contribution in [0, 0.1) is 0 Å². The van der Waals surface area contributed by atoms with Gasteiger partial charge in [-0.1, -0.05) is 12.2 Å². The predicted octanol–water partition coefficient (Wildman–Crippen LogP) is 2.22. The minimum absolute atomic E-state index is 0.440. The lowest BCUT2D eigenvalue weighted by Gasteiger charge is -2.23. The second-order valence-corrected chi connectivity index (χ2v) is 6.18. The van der Waals surface area contributed by atoms with Crippen LogP contribution < -0.4 is 10.6 Å². The number of likely N-dealkylation sites (N-methyl/N-ethyl adjacent to an activating group) is 1. The highest BCUT2D eigenvalue weighted by Crippen LogP contribution is 2.30. The molecule has 0 aromatic heterocycles. The van der Waals surface area contributed by atoms with Crippen molar-refractivity contribution in [2.75, 3.05) is 32.1 Å². The SMILES string of the molecule is CN(C)C1CCN(c2ccc(C(N)=S)cc2Br)C1. The third kappa shape index (κ3) is 2.84. The molecular weight excluding hydrogens is 310 g/mol. The number of nitrogens with zero attached hydrogens (tertiary/aromatic N) is 2. The molecule has 1 saturated heterocycles. The van der Waals surface area contributed by atoms with E-state index in [0.29, 0.717) is 11.0 Å². The fourth-order valence-corrected chi connectivity index (χ4v) is 3.06. The van der Waals surface area contributed by atoms with Gasteiger partial charge in [0.15, 0.2) is 0 Å². The summed E-state index contributed by atoms with van der Waals surface area (Å²) >= 11 is 8.60. The van der Waals surface area contributed by atoms with Gasteiger partial charge in [0.2, 0.25) is 0 Å². The number of benzene rings is 1. The fraction of sp³-hybridized carbons (Fsp3) is 0.462. The summed E-state index contributed by atoms with van der Waals surface area (Å²) in [6, 6.07) is 6.72. The van der Waals surface area contributed by atoms with Crippen LogP contribution in [0.2, 0.25) is 0 Å². The van der Waals surface area contributed by atoms with Crippen molar-refractivity contribution in [2.24, 2.45) is 5.73 Å². The zero-order valence-electron chi connectivity index (χ0n) is 10.7. The van der Waals surface area contributed by atoms with Gasteiger partial charge in [0, 0.05) is 29.2 Å². The zero-order valence-corrected chi connectivity index (χ0v) is 13.1. The lowest BCUT2D eigenvalue weighted by molar-refractivity contribution is 0.315. The van der Waals surface area contributed by atoms with E-state index in [1.807, 2.05) is 12.1 Å². The first-order valence-corrected chi connectivity index (χ1v) is 7.20. The number of hydrogen-bond acceptors (Lipinski definition) is 3. The number of nitrogens with two attached hydrogens (primary N) is 1. The van der Waals surface area contributed by atoms with Gasteiger partial charge in [0.25, 0.3) is 0 Å².